The highest BCUT2D eigenvalue weighted by atomic mass is 127. The topological polar surface area (TPSA) is 56.7 Å². The summed E-state index contributed by atoms with van der Waals surface area (Å²) in [6.45, 7) is 3.82. The molecule has 27 heavy (non-hydrogen) atoms. The average molecular weight is 500 g/mol. The standard InChI is InChI=1S/C20H28N4OS.HI/c1-16(12-18-10-7-11-26-18)13-21-20(23-15-19(25)24(2)3)22-14-17-8-5-4-6-9-17;/h4-11,16H,12-15H2,1-3H3,(H2,21,22,23);1H. The third kappa shape index (κ3) is 9.23. The van der Waals surface area contributed by atoms with Crippen molar-refractivity contribution in [1.82, 2.24) is 15.5 Å². The van der Waals surface area contributed by atoms with Crippen molar-refractivity contribution in [2.75, 3.05) is 27.2 Å². The van der Waals surface area contributed by atoms with E-state index in [-0.39, 0.29) is 36.4 Å². The maximum Gasteiger partial charge on any atom is 0.241 e. The number of halogens is 1. The Morgan fingerprint density at radius 3 is 2.52 bits per heavy atom. The van der Waals surface area contributed by atoms with Crippen LogP contribution in [0.1, 0.15) is 17.4 Å². The second-order valence-corrected chi connectivity index (χ2v) is 7.59. The number of likely N-dealkylation sites (N-methyl/N-ethyl adjacent to an activating group) is 1. The van der Waals surface area contributed by atoms with E-state index in [2.05, 4.69) is 40.1 Å². The van der Waals surface area contributed by atoms with Crippen LogP contribution in [0.3, 0.4) is 0 Å². The van der Waals surface area contributed by atoms with Crippen LogP contribution in [0, 0.1) is 5.92 Å². The Labute approximate surface area is 183 Å². The van der Waals surface area contributed by atoms with Crippen molar-refractivity contribution in [2.24, 2.45) is 10.9 Å². The first-order valence-electron chi connectivity index (χ1n) is 8.83. The van der Waals surface area contributed by atoms with E-state index in [1.54, 1.807) is 30.3 Å². The molecule has 0 aliphatic carbocycles. The second-order valence-electron chi connectivity index (χ2n) is 6.56. The van der Waals surface area contributed by atoms with Crippen molar-refractivity contribution in [3.8, 4) is 0 Å². The van der Waals surface area contributed by atoms with Crippen LogP contribution in [0.2, 0.25) is 0 Å². The van der Waals surface area contributed by atoms with Crippen molar-refractivity contribution >= 4 is 47.2 Å². The predicted octanol–water partition coefficient (Wildman–Crippen LogP) is 3.37. The van der Waals surface area contributed by atoms with Gasteiger partial charge in [-0.15, -0.1) is 35.3 Å². The highest BCUT2D eigenvalue weighted by Gasteiger charge is 2.09. The van der Waals surface area contributed by atoms with Gasteiger partial charge in [-0.25, -0.2) is 4.99 Å². The molecule has 2 aromatic rings. The summed E-state index contributed by atoms with van der Waals surface area (Å²) in [6.07, 6.45) is 1.03. The second kappa shape index (κ2) is 12.7. The lowest BCUT2D eigenvalue weighted by Gasteiger charge is -2.17. The van der Waals surface area contributed by atoms with E-state index >= 15 is 0 Å². The molecule has 0 aliphatic heterocycles. The van der Waals surface area contributed by atoms with Gasteiger partial charge in [-0.3, -0.25) is 4.79 Å². The molecule has 0 spiro atoms. The van der Waals surface area contributed by atoms with Crippen molar-refractivity contribution in [1.29, 1.82) is 0 Å². The minimum absolute atomic E-state index is 0. The van der Waals surface area contributed by atoms with Crippen molar-refractivity contribution in [2.45, 2.75) is 19.9 Å². The van der Waals surface area contributed by atoms with Crippen molar-refractivity contribution in [3.63, 3.8) is 0 Å². The van der Waals surface area contributed by atoms with Gasteiger partial charge in [0.25, 0.3) is 0 Å². The van der Waals surface area contributed by atoms with Crippen molar-refractivity contribution in [3.05, 3.63) is 58.3 Å². The summed E-state index contributed by atoms with van der Waals surface area (Å²) in [7, 11) is 3.50. The quantitative estimate of drug-likeness (QED) is 0.332. The number of hydrogen-bond donors (Lipinski definition) is 2. The Morgan fingerprint density at radius 2 is 1.89 bits per heavy atom. The molecule has 1 unspecified atom stereocenters. The number of guanidine groups is 1. The van der Waals surface area contributed by atoms with E-state index in [4.69, 9.17) is 0 Å². The third-order valence-corrected chi connectivity index (χ3v) is 4.81. The number of nitrogens with zero attached hydrogens (tertiary/aromatic N) is 2. The maximum atomic E-state index is 11.9. The maximum absolute atomic E-state index is 11.9. The van der Waals surface area contributed by atoms with Gasteiger partial charge in [-0.2, -0.15) is 0 Å². The number of thiophene rings is 1. The summed E-state index contributed by atoms with van der Waals surface area (Å²) >= 11 is 1.79. The lowest BCUT2D eigenvalue weighted by molar-refractivity contribution is -0.127. The molecule has 0 bridgehead atoms. The zero-order chi connectivity index (χ0) is 18.8. The smallest absolute Gasteiger partial charge is 0.241 e. The molecule has 0 fully saturated rings. The Morgan fingerprint density at radius 1 is 1.15 bits per heavy atom. The SMILES string of the molecule is CC(CNC(=NCc1ccccc1)NCC(=O)N(C)C)Cc1cccs1.I. The van der Waals surface area contributed by atoms with Crippen LogP contribution in [-0.2, 0) is 17.8 Å². The van der Waals surface area contributed by atoms with E-state index < -0.39 is 0 Å². The molecular weight excluding hydrogens is 471 g/mol. The molecule has 1 heterocycles. The summed E-state index contributed by atoms with van der Waals surface area (Å²) < 4.78 is 0. The minimum Gasteiger partial charge on any atom is -0.356 e. The lowest BCUT2D eigenvalue weighted by Crippen LogP contribution is -2.44. The molecule has 1 atom stereocenters. The van der Waals surface area contributed by atoms with Gasteiger partial charge in [0.1, 0.15) is 0 Å². The molecule has 2 rings (SSSR count). The normalized spacial score (nSPS) is 12.0. The molecule has 1 aromatic carbocycles. The van der Waals surface area contributed by atoms with Crippen molar-refractivity contribution < 1.29 is 4.79 Å². The summed E-state index contributed by atoms with van der Waals surface area (Å²) in [6, 6.07) is 14.3. The highest BCUT2D eigenvalue weighted by molar-refractivity contribution is 14.0. The number of nitrogens with one attached hydrogen (secondary N) is 2. The fourth-order valence-corrected chi connectivity index (χ4v) is 3.23. The molecule has 1 amide bonds. The Kier molecular flexibility index (Phi) is 11.0. The van der Waals surface area contributed by atoms with Gasteiger partial charge in [0.15, 0.2) is 5.96 Å². The molecule has 5 nitrogen and oxygen atoms in total. The Bertz CT molecular complexity index is 689. The number of hydrogen-bond acceptors (Lipinski definition) is 3. The van der Waals surface area contributed by atoms with Crippen LogP contribution in [0.4, 0.5) is 0 Å². The number of amides is 1. The molecule has 148 valence electrons. The number of benzene rings is 1. The molecular formula is C20H29IN4OS. The van der Waals surface area contributed by atoms with Crippen LogP contribution in [-0.4, -0.2) is 44.0 Å². The monoisotopic (exact) mass is 500 g/mol. The Balaban J connectivity index is 0.00000364. The lowest BCUT2D eigenvalue weighted by atomic mass is 10.1. The van der Waals surface area contributed by atoms with Crippen LogP contribution < -0.4 is 10.6 Å². The number of rotatable bonds is 8. The number of carbonyl (C=O) groups is 1. The molecule has 0 radical (unpaired) electrons. The van der Waals surface area contributed by atoms with Crippen LogP contribution in [0.25, 0.3) is 0 Å². The fraction of sp³-hybridized carbons (Fsp3) is 0.400. The van der Waals surface area contributed by atoms with E-state index in [9.17, 15) is 4.79 Å². The first kappa shape index (κ1) is 23.4. The van der Waals surface area contributed by atoms with E-state index in [0.717, 1.165) is 18.5 Å². The highest BCUT2D eigenvalue weighted by Crippen LogP contribution is 2.13. The first-order valence-corrected chi connectivity index (χ1v) is 9.71. The zero-order valence-corrected chi connectivity index (χ0v) is 19.3. The van der Waals surface area contributed by atoms with E-state index in [1.807, 2.05) is 30.3 Å². The summed E-state index contributed by atoms with van der Waals surface area (Å²) in [5.41, 5.74) is 1.14. The molecule has 0 saturated carbocycles. The fourth-order valence-electron chi connectivity index (χ4n) is 2.36. The third-order valence-electron chi connectivity index (χ3n) is 3.92. The van der Waals surface area contributed by atoms with Crippen LogP contribution in [0.15, 0.2) is 52.8 Å². The number of carbonyl (C=O) groups excluding carboxylic acids is 1. The predicted molar refractivity (Wildman–Crippen MR) is 125 cm³/mol. The van der Waals surface area contributed by atoms with Gasteiger partial charge in [0, 0.05) is 25.5 Å². The summed E-state index contributed by atoms with van der Waals surface area (Å²) in [4.78, 5) is 19.4. The van der Waals surface area contributed by atoms with Gasteiger partial charge in [-0.05, 0) is 29.3 Å². The molecule has 0 aliphatic rings. The largest absolute Gasteiger partial charge is 0.356 e. The van der Waals surface area contributed by atoms with Crippen LogP contribution in [0.5, 0.6) is 0 Å². The van der Waals surface area contributed by atoms with Gasteiger partial charge in [0.2, 0.25) is 5.91 Å². The molecule has 1 aromatic heterocycles. The Hall–Kier alpha value is -1.61. The summed E-state index contributed by atoms with van der Waals surface area (Å²) in [5, 5.41) is 8.61. The van der Waals surface area contributed by atoms with Gasteiger partial charge < -0.3 is 15.5 Å². The van der Waals surface area contributed by atoms with E-state index in [0.29, 0.717) is 18.4 Å². The van der Waals surface area contributed by atoms with Gasteiger partial charge in [0.05, 0.1) is 13.1 Å². The molecule has 0 saturated heterocycles. The van der Waals surface area contributed by atoms with Crippen LogP contribution >= 0.6 is 35.3 Å². The molecule has 2 N–H and O–H groups in total. The van der Waals surface area contributed by atoms with Gasteiger partial charge in [-0.1, -0.05) is 43.3 Å². The zero-order valence-electron chi connectivity index (χ0n) is 16.1. The van der Waals surface area contributed by atoms with E-state index in [1.165, 1.54) is 4.88 Å². The first-order chi connectivity index (χ1) is 12.5. The minimum atomic E-state index is 0. The number of aliphatic imine (C=N–C) groups is 1. The molecule has 7 heteroatoms. The average Bonchev–Trinajstić information content (AvgIpc) is 3.14. The van der Waals surface area contributed by atoms with Gasteiger partial charge >= 0.3 is 0 Å². The summed E-state index contributed by atoms with van der Waals surface area (Å²) in [5.74, 6) is 1.16.